The first-order valence-electron chi connectivity index (χ1n) is 7.27. The molecule has 2 aromatic rings. The Hall–Kier alpha value is -1.80. The van der Waals surface area contributed by atoms with Crippen LogP contribution in [0, 0.1) is 6.92 Å². The molecular weight excluding hydrogens is 246 g/mol. The molecule has 1 N–H and O–H groups in total. The van der Waals surface area contributed by atoms with Gasteiger partial charge in [0.05, 0.1) is 6.04 Å². The number of nitrogens with one attached hydrogen (secondary N) is 1. The molecule has 0 saturated carbocycles. The number of rotatable bonds is 7. The van der Waals surface area contributed by atoms with Crippen molar-refractivity contribution in [3.05, 3.63) is 65.7 Å². The van der Waals surface area contributed by atoms with Crippen molar-refractivity contribution in [1.29, 1.82) is 0 Å². The van der Waals surface area contributed by atoms with Crippen molar-refractivity contribution in [1.82, 2.24) is 5.32 Å². The van der Waals surface area contributed by atoms with Crippen LogP contribution in [0.15, 0.2) is 54.6 Å². The molecule has 0 aliphatic heterocycles. The number of hydrogen-bond donors (Lipinski definition) is 1. The molecule has 0 fully saturated rings. The Labute approximate surface area is 121 Å². The van der Waals surface area contributed by atoms with Crippen molar-refractivity contribution in [2.75, 3.05) is 13.2 Å². The van der Waals surface area contributed by atoms with Gasteiger partial charge in [0.25, 0.3) is 0 Å². The Balaban J connectivity index is 2.01. The minimum Gasteiger partial charge on any atom is -0.492 e. The molecule has 2 heteroatoms. The first-order valence-corrected chi connectivity index (χ1v) is 7.27. The molecule has 20 heavy (non-hydrogen) atoms. The summed E-state index contributed by atoms with van der Waals surface area (Å²) in [5.74, 6) is 0.919. The number of hydrogen-bond acceptors (Lipinski definition) is 2. The van der Waals surface area contributed by atoms with E-state index in [1.807, 2.05) is 30.3 Å². The van der Waals surface area contributed by atoms with E-state index in [4.69, 9.17) is 4.74 Å². The third kappa shape index (κ3) is 4.39. The zero-order chi connectivity index (χ0) is 14.2. The number of ether oxygens (including phenoxy) is 1. The molecule has 0 amide bonds. The lowest BCUT2D eigenvalue weighted by atomic mass is 10.1. The predicted molar refractivity (Wildman–Crippen MR) is 84.2 cm³/mol. The molecule has 0 aromatic heterocycles. The second-order valence-corrected chi connectivity index (χ2v) is 5.04. The summed E-state index contributed by atoms with van der Waals surface area (Å²) in [4.78, 5) is 0. The minimum absolute atomic E-state index is 0.232. The molecule has 0 saturated heterocycles. The topological polar surface area (TPSA) is 21.3 Å². The average Bonchev–Trinajstić information content (AvgIpc) is 2.50. The third-order valence-corrected chi connectivity index (χ3v) is 3.28. The van der Waals surface area contributed by atoms with E-state index in [0.29, 0.717) is 6.61 Å². The van der Waals surface area contributed by atoms with E-state index < -0.39 is 0 Å². The van der Waals surface area contributed by atoms with Gasteiger partial charge < -0.3 is 10.1 Å². The quantitative estimate of drug-likeness (QED) is 0.816. The van der Waals surface area contributed by atoms with Crippen molar-refractivity contribution in [3.63, 3.8) is 0 Å². The standard InChI is InChI=1S/C18H23NO/c1-3-13-19-18(16-11-9-15(2)10-12-16)14-20-17-7-5-4-6-8-17/h4-12,18-19H,3,13-14H2,1-2H3. The second-order valence-electron chi connectivity index (χ2n) is 5.04. The van der Waals surface area contributed by atoms with Crippen LogP contribution in [0.3, 0.4) is 0 Å². The highest BCUT2D eigenvalue weighted by molar-refractivity contribution is 5.25. The van der Waals surface area contributed by atoms with Gasteiger partial charge >= 0.3 is 0 Å². The summed E-state index contributed by atoms with van der Waals surface area (Å²) in [6.45, 7) is 5.93. The Morgan fingerprint density at radius 2 is 1.70 bits per heavy atom. The first kappa shape index (κ1) is 14.6. The van der Waals surface area contributed by atoms with Crippen LogP contribution in [0.1, 0.15) is 30.5 Å². The van der Waals surface area contributed by atoms with Gasteiger partial charge in [-0.15, -0.1) is 0 Å². The summed E-state index contributed by atoms with van der Waals surface area (Å²) in [5.41, 5.74) is 2.56. The molecule has 0 radical (unpaired) electrons. The van der Waals surface area contributed by atoms with Gasteiger partial charge in [0.2, 0.25) is 0 Å². The highest BCUT2D eigenvalue weighted by Crippen LogP contribution is 2.17. The van der Waals surface area contributed by atoms with Gasteiger partial charge in [-0.05, 0) is 37.6 Å². The van der Waals surface area contributed by atoms with Gasteiger partial charge in [-0.2, -0.15) is 0 Å². The van der Waals surface area contributed by atoms with E-state index in [2.05, 4.69) is 43.4 Å². The Morgan fingerprint density at radius 1 is 1.00 bits per heavy atom. The van der Waals surface area contributed by atoms with Gasteiger partial charge in [0.1, 0.15) is 12.4 Å². The van der Waals surface area contributed by atoms with Crippen LogP contribution in [-0.4, -0.2) is 13.2 Å². The molecule has 2 rings (SSSR count). The fourth-order valence-electron chi connectivity index (χ4n) is 2.09. The SMILES string of the molecule is CCCNC(COc1ccccc1)c1ccc(C)cc1. The summed E-state index contributed by atoms with van der Waals surface area (Å²) in [5, 5.41) is 3.55. The van der Waals surface area contributed by atoms with E-state index in [-0.39, 0.29) is 6.04 Å². The smallest absolute Gasteiger partial charge is 0.119 e. The number of benzene rings is 2. The van der Waals surface area contributed by atoms with Crippen LogP contribution in [0.4, 0.5) is 0 Å². The van der Waals surface area contributed by atoms with E-state index in [9.17, 15) is 0 Å². The second kappa shape index (κ2) is 7.71. The van der Waals surface area contributed by atoms with E-state index in [0.717, 1.165) is 18.7 Å². The Kier molecular flexibility index (Phi) is 5.63. The lowest BCUT2D eigenvalue weighted by molar-refractivity contribution is 0.266. The molecule has 0 spiro atoms. The third-order valence-electron chi connectivity index (χ3n) is 3.28. The molecule has 2 aromatic carbocycles. The number of para-hydroxylation sites is 1. The van der Waals surface area contributed by atoms with Gasteiger partial charge in [-0.25, -0.2) is 0 Å². The zero-order valence-corrected chi connectivity index (χ0v) is 12.3. The van der Waals surface area contributed by atoms with Crippen LogP contribution >= 0.6 is 0 Å². The fraction of sp³-hybridized carbons (Fsp3) is 0.333. The van der Waals surface area contributed by atoms with Crippen molar-refractivity contribution in [3.8, 4) is 5.75 Å². The van der Waals surface area contributed by atoms with Crippen molar-refractivity contribution in [2.24, 2.45) is 0 Å². The van der Waals surface area contributed by atoms with Gasteiger partial charge in [0.15, 0.2) is 0 Å². The number of aryl methyl sites for hydroxylation is 1. The highest BCUT2D eigenvalue weighted by Gasteiger charge is 2.11. The summed E-state index contributed by atoms with van der Waals surface area (Å²) in [6, 6.07) is 18.9. The summed E-state index contributed by atoms with van der Waals surface area (Å²) < 4.78 is 5.89. The normalized spacial score (nSPS) is 12.1. The van der Waals surface area contributed by atoms with E-state index in [1.165, 1.54) is 11.1 Å². The molecule has 106 valence electrons. The van der Waals surface area contributed by atoms with Crippen LogP contribution in [-0.2, 0) is 0 Å². The van der Waals surface area contributed by atoms with Crippen LogP contribution in [0.2, 0.25) is 0 Å². The monoisotopic (exact) mass is 269 g/mol. The molecule has 0 aliphatic rings. The van der Waals surface area contributed by atoms with E-state index in [1.54, 1.807) is 0 Å². The molecule has 0 aliphatic carbocycles. The first-order chi connectivity index (χ1) is 9.79. The average molecular weight is 269 g/mol. The van der Waals surface area contributed by atoms with Gasteiger partial charge in [0, 0.05) is 0 Å². The molecular formula is C18H23NO. The molecule has 0 heterocycles. The molecule has 1 atom stereocenters. The predicted octanol–water partition coefficient (Wildman–Crippen LogP) is 4.11. The Bertz CT molecular complexity index is 493. The maximum atomic E-state index is 5.89. The lowest BCUT2D eigenvalue weighted by Gasteiger charge is -2.20. The van der Waals surface area contributed by atoms with Crippen molar-refractivity contribution in [2.45, 2.75) is 26.3 Å². The summed E-state index contributed by atoms with van der Waals surface area (Å²) >= 11 is 0. The zero-order valence-electron chi connectivity index (χ0n) is 12.3. The maximum Gasteiger partial charge on any atom is 0.119 e. The van der Waals surface area contributed by atoms with Crippen LogP contribution in [0.25, 0.3) is 0 Å². The largest absolute Gasteiger partial charge is 0.492 e. The minimum atomic E-state index is 0.232. The summed E-state index contributed by atoms with van der Waals surface area (Å²) in [7, 11) is 0. The fourth-order valence-corrected chi connectivity index (χ4v) is 2.09. The van der Waals surface area contributed by atoms with Gasteiger partial charge in [-0.3, -0.25) is 0 Å². The maximum absolute atomic E-state index is 5.89. The lowest BCUT2D eigenvalue weighted by Crippen LogP contribution is -2.27. The molecule has 2 nitrogen and oxygen atoms in total. The van der Waals surface area contributed by atoms with Crippen molar-refractivity contribution < 1.29 is 4.74 Å². The van der Waals surface area contributed by atoms with Crippen LogP contribution < -0.4 is 10.1 Å². The van der Waals surface area contributed by atoms with E-state index >= 15 is 0 Å². The van der Waals surface area contributed by atoms with Gasteiger partial charge in [-0.1, -0.05) is 55.0 Å². The van der Waals surface area contributed by atoms with Crippen molar-refractivity contribution >= 4 is 0 Å². The van der Waals surface area contributed by atoms with Crippen LogP contribution in [0.5, 0.6) is 5.75 Å². The molecule has 1 unspecified atom stereocenters. The Morgan fingerprint density at radius 3 is 2.35 bits per heavy atom. The summed E-state index contributed by atoms with van der Waals surface area (Å²) in [6.07, 6.45) is 1.12. The molecule has 0 bridgehead atoms. The highest BCUT2D eigenvalue weighted by atomic mass is 16.5.